The van der Waals surface area contributed by atoms with Gasteiger partial charge in [0.2, 0.25) is 0 Å². The van der Waals surface area contributed by atoms with Crippen molar-refractivity contribution in [3.05, 3.63) is 52.0 Å². The zero-order valence-electron chi connectivity index (χ0n) is 10.00. The molecule has 0 saturated carbocycles. The Morgan fingerprint density at radius 2 is 2.06 bits per heavy atom. The van der Waals surface area contributed by atoms with Crippen LogP contribution in [0.4, 0.5) is 0 Å². The van der Waals surface area contributed by atoms with Crippen LogP contribution >= 0.6 is 15.9 Å². The van der Waals surface area contributed by atoms with Crippen LogP contribution in [0.1, 0.15) is 29.9 Å². The fourth-order valence-electron chi connectivity index (χ4n) is 1.68. The number of rotatable bonds is 4. The highest BCUT2D eigenvalue weighted by atomic mass is 79.9. The smallest absolute Gasteiger partial charge is 0.0925 e. The van der Waals surface area contributed by atoms with E-state index in [0.717, 1.165) is 22.4 Å². The Hall–Kier alpha value is -1.13. The van der Waals surface area contributed by atoms with Crippen molar-refractivity contribution < 1.29 is 0 Å². The fourth-order valence-corrected chi connectivity index (χ4v) is 1.95. The lowest BCUT2D eigenvalue weighted by Gasteiger charge is -2.13. The van der Waals surface area contributed by atoms with Gasteiger partial charge < -0.3 is 10.3 Å². The molecule has 2 aromatic rings. The Bertz CT molecular complexity index is 476. The number of hydrogen-bond acceptors (Lipinski definition) is 2. The zero-order valence-corrected chi connectivity index (χ0v) is 11.6. The molecule has 0 radical (unpaired) electrons. The highest BCUT2D eigenvalue weighted by Gasteiger charge is 2.06. The summed E-state index contributed by atoms with van der Waals surface area (Å²) in [6.45, 7) is 4.98. The van der Waals surface area contributed by atoms with Crippen molar-refractivity contribution in [1.82, 2.24) is 15.3 Å². The third-order valence-corrected chi connectivity index (χ3v) is 3.41. The van der Waals surface area contributed by atoms with E-state index < -0.39 is 0 Å². The molecule has 0 spiro atoms. The van der Waals surface area contributed by atoms with Crippen LogP contribution in [-0.2, 0) is 6.54 Å². The Morgan fingerprint density at radius 3 is 2.65 bits per heavy atom. The molecule has 4 heteroatoms. The molecule has 90 valence electrons. The monoisotopic (exact) mass is 293 g/mol. The van der Waals surface area contributed by atoms with Crippen LogP contribution < -0.4 is 5.32 Å². The summed E-state index contributed by atoms with van der Waals surface area (Å²) in [7, 11) is 0. The molecule has 2 N–H and O–H groups in total. The van der Waals surface area contributed by atoms with E-state index in [0.29, 0.717) is 6.04 Å². The Kier molecular flexibility index (Phi) is 3.97. The van der Waals surface area contributed by atoms with Crippen LogP contribution in [0.25, 0.3) is 0 Å². The van der Waals surface area contributed by atoms with Gasteiger partial charge in [0.15, 0.2) is 0 Å². The molecule has 1 aromatic heterocycles. The van der Waals surface area contributed by atoms with Gasteiger partial charge in [-0.15, -0.1) is 0 Å². The van der Waals surface area contributed by atoms with Gasteiger partial charge >= 0.3 is 0 Å². The van der Waals surface area contributed by atoms with Gasteiger partial charge in [-0.3, -0.25) is 0 Å². The van der Waals surface area contributed by atoms with Gasteiger partial charge in [0.25, 0.3) is 0 Å². The highest BCUT2D eigenvalue weighted by molar-refractivity contribution is 9.10. The molecule has 0 aliphatic heterocycles. The van der Waals surface area contributed by atoms with Crippen molar-refractivity contribution in [3.63, 3.8) is 0 Å². The van der Waals surface area contributed by atoms with Crippen molar-refractivity contribution in [2.24, 2.45) is 0 Å². The number of aromatic nitrogens is 2. The van der Waals surface area contributed by atoms with Crippen molar-refractivity contribution in [1.29, 1.82) is 0 Å². The average molecular weight is 294 g/mol. The molecule has 0 aliphatic carbocycles. The lowest BCUT2D eigenvalue weighted by molar-refractivity contribution is 0.567. The third kappa shape index (κ3) is 3.17. The number of hydrogen-bond donors (Lipinski definition) is 2. The Morgan fingerprint density at radius 1 is 1.35 bits per heavy atom. The van der Waals surface area contributed by atoms with Crippen LogP contribution in [-0.4, -0.2) is 9.97 Å². The summed E-state index contributed by atoms with van der Waals surface area (Å²) in [6.07, 6.45) is 1.73. The van der Waals surface area contributed by atoms with Gasteiger partial charge in [0.05, 0.1) is 12.0 Å². The van der Waals surface area contributed by atoms with Crippen LogP contribution in [0.3, 0.4) is 0 Å². The van der Waals surface area contributed by atoms with E-state index in [1.54, 1.807) is 6.33 Å². The number of nitrogens with zero attached hydrogens (tertiary/aromatic N) is 1. The summed E-state index contributed by atoms with van der Waals surface area (Å²) >= 11 is 3.44. The standard InChI is InChI=1S/C13H16BrN3/c1-9(11-3-5-12(14)6-4-11)15-7-13-10(2)16-8-17-13/h3-6,8-9,15H,7H2,1-2H3,(H,16,17)/t9-/m1/s1. The second kappa shape index (κ2) is 5.47. The molecule has 1 atom stereocenters. The maximum atomic E-state index is 4.27. The first kappa shape index (κ1) is 12.3. The molecule has 0 fully saturated rings. The molecule has 0 unspecified atom stereocenters. The quantitative estimate of drug-likeness (QED) is 0.908. The highest BCUT2D eigenvalue weighted by Crippen LogP contribution is 2.16. The topological polar surface area (TPSA) is 40.7 Å². The van der Waals surface area contributed by atoms with Gasteiger partial charge in [-0.2, -0.15) is 0 Å². The summed E-state index contributed by atoms with van der Waals surface area (Å²) in [4.78, 5) is 7.35. The van der Waals surface area contributed by atoms with Gasteiger partial charge in [-0.25, -0.2) is 4.98 Å². The molecule has 0 aliphatic rings. The molecule has 0 saturated heterocycles. The van der Waals surface area contributed by atoms with E-state index in [9.17, 15) is 0 Å². The molecule has 0 amide bonds. The van der Waals surface area contributed by atoms with Crippen LogP contribution in [0.5, 0.6) is 0 Å². The molecule has 0 bridgehead atoms. The van der Waals surface area contributed by atoms with Gasteiger partial charge in [0, 0.05) is 22.8 Å². The van der Waals surface area contributed by atoms with E-state index in [2.05, 4.69) is 62.4 Å². The molecule has 1 heterocycles. The largest absolute Gasteiger partial charge is 0.348 e. The predicted molar refractivity (Wildman–Crippen MR) is 72.7 cm³/mol. The summed E-state index contributed by atoms with van der Waals surface area (Å²) in [6, 6.07) is 8.69. The summed E-state index contributed by atoms with van der Waals surface area (Å²) < 4.78 is 1.11. The first-order chi connectivity index (χ1) is 8.16. The van der Waals surface area contributed by atoms with Crippen LogP contribution in [0.2, 0.25) is 0 Å². The molecule has 2 rings (SSSR count). The van der Waals surface area contributed by atoms with Crippen LogP contribution in [0.15, 0.2) is 35.1 Å². The van der Waals surface area contributed by atoms with E-state index in [1.165, 1.54) is 5.56 Å². The maximum Gasteiger partial charge on any atom is 0.0925 e. The molecular formula is C13H16BrN3. The molecule has 3 nitrogen and oxygen atoms in total. The number of aromatic amines is 1. The maximum absolute atomic E-state index is 4.27. The second-order valence-electron chi connectivity index (χ2n) is 4.13. The van der Waals surface area contributed by atoms with Gasteiger partial charge in [-0.1, -0.05) is 28.1 Å². The van der Waals surface area contributed by atoms with Gasteiger partial charge in [-0.05, 0) is 31.5 Å². The first-order valence-electron chi connectivity index (χ1n) is 5.64. The van der Waals surface area contributed by atoms with Crippen molar-refractivity contribution in [2.75, 3.05) is 0 Å². The van der Waals surface area contributed by atoms with Crippen molar-refractivity contribution in [2.45, 2.75) is 26.4 Å². The summed E-state index contributed by atoms with van der Waals surface area (Å²) in [5, 5.41) is 3.46. The summed E-state index contributed by atoms with van der Waals surface area (Å²) in [5.41, 5.74) is 3.48. The summed E-state index contributed by atoms with van der Waals surface area (Å²) in [5.74, 6) is 0. The number of benzene rings is 1. The molecule has 17 heavy (non-hydrogen) atoms. The third-order valence-electron chi connectivity index (χ3n) is 2.88. The normalized spacial score (nSPS) is 12.6. The SMILES string of the molecule is Cc1[nH]cnc1CN[C@H](C)c1ccc(Br)cc1. The van der Waals surface area contributed by atoms with Crippen molar-refractivity contribution in [3.8, 4) is 0 Å². The van der Waals surface area contributed by atoms with E-state index >= 15 is 0 Å². The lowest BCUT2D eigenvalue weighted by atomic mass is 10.1. The lowest BCUT2D eigenvalue weighted by Crippen LogP contribution is -2.18. The Balaban J connectivity index is 1.95. The van der Waals surface area contributed by atoms with Gasteiger partial charge in [0.1, 0.15) is 0 Å². The predicted octanol–water partition coefficient (Wildman–Crippen LogP) is 3.33. The van der Waals surface area contributed by atoms with E-state index in [-0.39, 0.29) is 0 Å². The number of aryl methyl sites for hydroxylation is 1. The number of halogens is 1. The Labute approximate surface area is 110 Å². The number of H-pyrrole nitrogens is 1. The number of nitrogens with one attached hydrogen (secondary N) is 2. The minimum atomic E-state index is 0.319. The second-order valence-corrected chi connectivity index (χ2v) is 5.04. The minimum absolute atomic E-state index is 0.319. The fraction of sp³-hybridized carbons (Fsp3) is 0.308. The van der Waals surface area contributed by atoms with Crippen LogP contribution in [0, 0.1) is 6.92 Å². The first-order valence-corrected chi connectivity index (χ1v) is 6.44. The zero-order chi connectivity index (χ0) is 12.3. The van der Waals surface area contributed by atoms with E-state index in [1.807, 2.05) is 6.92 Å². The molecular weight excluding hydrogens is 278 g/mol. The average Bonchev–Trinajstić information content (AvgIpc) is 2.73. The minimum Gasteiger partial charge on any atom is -0.348 e. The van der Waals surface area contributed by atoms with Crippen molar-refractivity contribution >= 4 is 15.9 Å². The van der Waals surface area contributed by atoms with E-state index in [4.69, 9.17) is 0 Å². The number of imidazole rings is 1. The molecule has 1 aromatic carbocycles.